The quantitative estimate of drug-likeness (QED) is 0.812. The lowest BCUT2D eigenvalue weighted by Crippen LogP contribution is -2.10. The standard InChI is InChI=1S/C14H18N4/c1-9-8-16-11(3)14(17-9)18-10(2)12-5-4-6-13(15)7-12/h4-8,10H,15H2,1-3H3,(H,17,18). The molecule has 0 aliphatic rings. The van der Waals surface area contributed by atoms with Crippen LogP contribution in [-0.2, 0) is 0 Å². The van der Waals surface area contributed by atoms with Crippen molar-refractivity contribution in [1.82, 2.24) is 9.97 Å². The summed E-state index contributed by atoms with van der Waals surface area (Å²) in [5, 5.41) is 3.37. The summed E-state index contributed by atoms with van der Waals surface area (Å²) in [4.78, 5) is 8.75. The topological polar surface area (TPSA) is 63.8 Å². The molecule has 1 atom stereocenters. The Balaban J connectivity index is 2.21. The van der Waals surface area contributed by atoms with Crippen molar-refractivity contribution in [2.24, 2.45) is 0 Å². The molecule has 0 bridgehead atoms. The molecule has 0 amide bonds. The highest BCUT2D eigenvalue weighted by atomic mass is 15.0. The van der Waals surface area contributed by atoms with Gasteiger partial charge >= 0.3 is 0 Å². The summed E-state index contributed by atoms with van der Waals surface area (Å²) >= 11 is 0. The third kappa shape index (κ3) is 2.77. The highest BCUT2D eigenvalue weighted by Crippen LogP contribution is 2.21. The Morgan fingerprint density at radius 3 is 2.78 bits per heavy atom. The maximum atomic E-state index is 5.79. The van der Waals surface area contributed by atoms with Gasteiger partial charge in [-0.25, -0.2) is 4.98 Å². The van der Waals surface area contributed by atoms with Crippen molar-refractivity contribution in [3.63, 3.8) is 0 Å². The highest BCUT2D eigenvalue weighted by molar-refractivity contribution is 5.46. The third-order valence-corrected chi connectivity index (χ3v) is 2.84. The van der Waals surface area contributed by atoms with E-state index in [-0.39, 0.29) is 6.04 Å². The van der Waals surface area contributed by atoms with Gasteiger partial charge < -0.3 is 11.1 Å². The lowest BCUT2D eigenvalue weighted by Gasteiger charge is -2.16. The zero-order valence-electron chi connectivity index (χ0n) is 10.9. The predicted molar refractivity (Wildman–Crippen MR) is 74.4 cm³/mol. The summed E-state index contributed by atoms with van der Waals surface area (Å²) in [6, 6.07) is 8.00. The Labute approximate surface area is 107 Å². The van der Waals surface area contributed by atoms with Crippen LogP contribution in [0.1, 0.15) is 29.9 Å². The fourth-order valence-corrected chi connectivity index (χ4v) is 1.79. The fourth-order valence-electron chi connectivity index (χ4n) is 1.79. The van der Waals surface area contributed by atoms with Gasteiger partial charge in [-0.15, -0.1) is 0 Å². The molecule has 2 aromatic rings. The predicted octanol–water partition coefficient (Wildman–Crippen LogP) is 2.85. The summed E-state index contributed by atoms with van der Waals surface area (Å²) in [6.07, 6.45) is 1.77. The number of hydrogen-bond acceptors (Lipinski definition) is 4. The van der Waals surface area contributed by atoms with Gasteiger partial charge in [-0.05, 0) is 38.5 Å². The van der Waals surface area contributed by atoms with Crippen LogP contribution in [0.25, 0.3) is 0 Å². The number of hydrogen-bond donors (Lipinski definition) is 2. The van der Waals surface area contributed by atoms with Crippen molar-refractivity contribution in [2.45, 2.75) is 26.8 Å². The molecule has 0 spiro atoms. The largest absolute Gasteiger partial charge is 0.399 e. The minimum atomic E-state index is 0.142. The van der Waals surface area contributed by atoms with Gasteiger partial charge in [-0.2, -0.15) is 0 Å². The van der Waals surface area contributed by atoms with Crippen LogP contribution in [0.2, 0.25) is 0 Å². The number of nitrogens with one attached hydrogen (secondary N) is 1. The second-order valence-corrected chi connectivity index (χ2v) is 4.48. The van der Waals surface area contributed by atoms with Crippen LogP contribution in [0.3, 0.4) is 0 Å². The van der Waals surface area contributed by atoms with Crippen molar-refractivity contribution in [3.05, 3.63) is 47.4 Å². The van der Waals surface area contributed by atoms with Crippen LogP contribution < -0.4 is 11.1 Å². The number of anilines is 2. The molecule has 4 nitrogen and oxygen atoms in total. The van der Waals surface area contributed by atoms with Crippen LogP contribution in [0, 0.1) is 13.8 Å². The molecule has 1 heterocycles. The molecular weight excluding hydrogens is 224 g/mol. The average Bonchev–Trinajstić information content (AvgIpc) is 2.34. The number of nitrogen functional groups attached to an aromatic ring is 1. The third-order valence-electron chi connectivity index (χ3n) is 2.84. The molecule has 4 heteroatoms. The summed E-state index contributed by atoms with van der Waals surface area (Å²) in [7, 11) is 0. The van der Waals surface area contributed by atoms with Gasteiger partial charge in [0.05, 0.1) is 17.4 Å². The molecule has 0 aliphatic heterocycles. The number of benzene rings is 1. The van der Waals surface area contributed by atoms with Crippen molar-refractivity contribution in [3.8, 4) is 0 Å². The Morgan fingerprint density at radius 2 is 2.06 bits per heavy atom. The van der Waals surface area contributed by atoms with E-state index in [1.54, 1.807) is 6.20 Å². The number of nitrogens with zero attached hydrogens (tertiary/aromatic N) is 2. The van der Waals surface area contributed by atoms with Crippen molar-refractivity contribution >= 4 is 11.5 Å². The zero-order chi connectivity index (χ0) is 13.1. The molecular formula is C14H18N4. The van der Waals surface area contributed by atoms with Gasteiger partial charge in [0, 0.05) is 11.9 Å². The summed E-state index contributed by atoms with van der Waals surface area (Å²) in [5.74, 6) is 0.824. The van der Waals surface area contributed by atoms with Crippen LogP contribution in [0.5, 0.6) is 0 Å². The lowest BCUT2D eigenvalue weighted by atomic mass is 10.1. The number of nitrogens with two attached hydrogens (primary N) is 1. The fraction of sp³-hybridized carbons (Fsp3) is 0.286. The van der Waals surface area contributed by atoms with E-state index >= 15 is 0 Å². The van der Waals surface area contributed by atoms with E-state index in [1.807, 2.05) is 38.1 Å². The Morgan fingerprint density at radius 1 is 1.28 bits per heavy atom. The van der Waals surface area contributed by atoms with Crippen molar-refractivity contribution < 1.29 is 0 Å². The van der Waals surface area contributed by atoms with Gasteiger partial charge in [0.2, 0.25) is 0 Å². The minimum absolute atomic E-state index is 0.142. The molecule has 0 aliphatic carbocycles. The first-order chi connectivity index (χ1) is 8.56. The number of aromatic nitrogens is 2. The molecule has 1 aromatic carbocycles. The Hall–Kier alpha value is -2.10. The van der Waals surface area contributed by atoms with Gasteiger partial charge in [-0.3, -0.25) is 4.98 Å². The number of rotatable bonds is 3. The molecule has 0 fully saturated rings. The number of aryl methyl sites for hydroxylation is 2. The van der Waals surface area contributed by atoms with E-state index in [4.69, 9.17) is 5.73 Å². The van der Waals surface area contributed by atoms with E-state index in [2.05, 4.69) is 22.2 Å². The summed E-state index contributed by atoms with van der Waals surface area (Å²) < 4.78 is 0. The van der Waals surface area contributed by atoms with Crippen molar-refractivity contribution in [2.75, 3.05) is 11.1 Å². The zero-order valence-corrected chi connectivity index (χ0v) is 10.9. The molecule has 0 radical (unpaired) electrons. The van der Waals surface area contributed by atoms with Gasteiger partial charge in [0.15, 0.2) is 0 Å². The normalized spacial score (nSPS) is 12.2. The maximum absolute atomic E-state index is 5.79. The molecule has 2 rings (SSSR count). The summed E-state index contributed by atoms with van der Waals surface area (Å²) in [5.41, 5.74) is 9.50. The Bertz CT molecular complexity index is 551. The first kappa shape index (κ1) is 12.4. The van der Waals surface area contributed by atoms with E-state index in [9.17, 15) is 0 Å². The second kappa shape index (κ2) is 5.04. The molecule has 0 saturated carbocycles. The first-order valence-corrected chi connectivity index (χ1v) is 5.98. The Kier molecular flexibility index (Phi) is 3.46. The van der Waals surface area contributed by atoms with E-state index in [0.29, 0.717) is 0 Å². The van der Waals surface area contributed by atoms with Crippen molar-refractivity contribution in [1.29, 1.82) is 0 Å². The highest BCUT2D eigenvalue weighted by Gasteiger charge is 2.09. The minimum Gasteiger partial charge on any atom is -0.399 e. The van der Waals surface area contributed by atoms with Gasteiger partial charge in [0.1, 0.15) is 5.82 Å². The second-order valence-electron chi connectivity index (χ2n) is 4.48. The molecule has 1 aromatic heterocycles. The van der Waals surface area contributed by atoms with E-state index < -0.39 is 0 Å². The van der Waals surface area contributed by atoms with Crippen LogP contribution in [-0.4, -0.2) is 9.97 Å². The van der Waals surface area contributed by atoms with E-state index in [1.165, 1.54) is 0 Å². The van der Waals surface area contributed by atoms with Crippen LogP contribution in [0.4, 0.5) is 11.5 Å². The first-order valence-electron chi connectivity index (χ1n) is 5.98. The van der Waals surface area contributed by atoms with Gasteiger partial charge in [0.25, 0.3) is 0 Å². The monoisotopic (exact) mass is 242 g/mol. The molecule has 3 N–H and O–H groups in total. The maximum Gasteiger partial charge on any atom is 0.148 e. The van der Waals surface area contributed by atoms with Crippen LogP contribution >= 0.6 is 0 Å². The van der Waals surface area contributed by atoms with Crippen LogP contribution in [0.15, 0.2) is 30.5 Å². The van der Waals surface area contributed by atoms with E-state index in [0.717, 1.165) is 28.5 Å². The lowest BCUT2D eigenvalue weighted by molar-refractivity contribution is 0.862. The molecule has 0 saturated heterocycles. The van der Waals surface area contributed by atoms with Gasteiger partial charge in [-0.1, -0.05) is 12.1 Å². The summed E-state index contributed by atoms with van der Waals surface area (Å²) in [6.45, 7) is 5.96. The average molecular weight is 242 g/mol. The SMILES string of the molecule is Cc1cnc(C)c(NC(C)c2cccc(N)c2)n1. The molecule has 18 heavy (non-hydrogen) atoms. The molecule has 1 unspecified atom stereocenters. The molecule has 94 valence electrons. The smallest absolute Gasteiger partial charge is 0.148 e.